The Morgan fingerprint density at radius 1 is 1.10 bits per heavy atom. The number of hydrogen-bond donors (Lipinski definition) is 1. The van der Waals surface area contributed by atoms with Gasteiger partial charge in [0, 0.05) is 12.7 Å². The highest BCUT2D eigenvalue weighted by Gasteiger charge is 2.17. The van der Waals surface area contributed by atoms with Crippen molar-refractivity contribution in [2.75, 3.05) is 12.8 Å². The Kier molecular flexibility index (Phi) is 4.63. The molecule has 1 atom stereocenters. The van der Waals surface area contributed by atoms with Crippen LogP contribution in [0.3, 0.4) is 0 Å². The fourth-order valence-corrected chi connectivity index (χ4v) is 2.22. The number of nitrogen functional groups attached to an aromatic ring is 1. The first-order chi connectivity index (χ1) is 9.97. The summed E-state index contributed by atoms with van der Waals surface area (Å²) in [4.78, 5) is 14.2. The lowest BCUT2D eigenvalue weighted by Crippen LogP contribution is -2.30. The molecule has 1 unspecified atom stereocenters. The van der Waals surface area contributed by atoms with Crippen molar-refractivity contribution < 1.29 is 4.79 Å². The molecule has 0 aliphatic carbocycles. The molecule has 3 nitrogen and oxygen atoms in total. The summed E-state index contributed by atoms with van der Waals surface area (Å²) in [6.45, 7) is 4.11. The van der Waals surface area contributed by atoms with Gasteiger partial charge in [-0.05, 0) is 37.1 Å². The summed E-state index contributed by atoms with van der Waals surface area (Å²) >= 11 is 0. The van der Waals surface area contributed by atoms with E-state index in [1.165, 1.54) is 5.56 Å². The van der Waals surface area contributed by atoms with Crippen LogP contribution in [0, 0.1) is 6.92 Å². The lowest BCUT2D eigenvalue weighted by atomic mass is 10.0. The summed E-state index contributed by atoms with van der Waals surface area (Å²) in [6.07, 6.45) is 0.396. The Labute approximate surface area is 126 Å². The highest BCUT2D eigenvalue weighted by Crippen LogP contribution is 2.20. The summed E-state index contributed by atoms with van der Waals surface area (Å²) in [7, 11) is 1.85. The monoisotopic (exact) mass is 282 g/mol. The van der Waals surface area contributed by atoms with Crippen LogP contribution in [0.25, 0.3) is 0 Å². The smallest absolute Gasteiger partial charge is 0.227 e. The summed E-state index contributed by atoms with van der Waals surface area (Å²) < 4.78 is 0. The number of carbonyl (C=O) groups excluding carboxylic acids is 1. The first kappa shape index (κ1) is 15.1. The third kappa shape index (κ3) is 3.85. The molecule has 0 aliphatic heterocycles. The van der Waals surface area contributed by atoms with Gasteiger partial charge in [0.25, 0.3) is 0 Å². The Hall–Kier alpha value is -2.29. The van der Waals surface area contributed by atoms with Crippen molar-refractivity contribution in [1.29, 1.82) is 0 Å². The number of aryl methyl sites for hydroxylation is 1. The number of rotatable bonds is 4. The molecule has 1 amide bonds. The standard InChI is InChI=1S/C18H22N2O/c1-13-4-8-16(9-5-13)14(2)20(3)18(21)12-15-6-10-17(19)11-7-15/h4-11,14H,12,19H2,1-3H3. The maximum atomic E-state index is 12.4. The van der Waals surface area contributed by atoms with Crippen LogP contribution in [0.4, 0.5) is 5.69 Å². The summed E-state index contributed by atoms with van der Waals surface area (Å²) in [6, 6.07) is 15.8. The van der Waals surface area contributed by atoms with Crippen LogP contribution in [0.5, 0.6) is 0 Å². The van der Waals surface area contributed by atoms with Crippen molar-refractivity contribution in [2.45, 2.75) is 26.3 Å². The molecule has 0 saturated carbocycles. The van der Waals surface area contributed by atoms with Crippen molar-refractivity contribution in [3.8, 4) is 0 Å². The van der Waals surface area contributed by atoms with Crippen LogP contribution >= 0.6 is 0 Å². The third-order valence-electron chi connectivity index (χ3n) is 3.87. The second-order valence-corrected chi connectivity index (χ2v) is 5.51. The van der Waals surface area contributed by atoms with E-state index in [4.69, 9.17) is 5.73 Å². The molecule has 2 aromatic rings. The molecule has 2 N–H and O–H groups in total. The molecular weight excluding hydrogens is 260 g/mol. The van der Waals surface area contributed by atoms with Gasteiger partial charge in [-0.1, -0.05) is 42.0 Å². The third-order valence-corrected chi connectivity index (χ3v) is 3.87. The predicted octanol–water partition coefficient (Wildman–Crippen LogP) is 3.34. The van der Waals surface area contributed by atoms with Crippen LogP contribution in [0.2, 0.25) is 0 Å². The van der Waals surface area contributed by atoms with Crippen molar-refractivity contribution >= 4 is 11.6 Å². The van der Waals surface area contributed by atoms with Gasteiger partial charge < -0.3 is 10.6 Å². The maximum absolute atomic E-state index is 12.4. The molecule has 0 aromatic heterocycles. The summed E-state index contributed by atoms with van der Waals surface area (Å²) in [5.74, 6) is 0.104. The normalized spacial score (nSPS) is 12.0. The number of anilines is 1. The first-order valence-electron chi connectivity index (χ1n) is 7.14. The zero-order valence-corrected chi connectivity index (χ0v) is 12.8. The van der Waals surface area contributed by atoms with Gasteiger partial charge in [0.15, 0.2) is 0 Å². The van der Waals surface area contributed by atoms with Crippen LogP contribution in [-0.2, 0) is 11.2 Å². The van der Waals surface area contributed by atoms with Crippen LogP contribution in [0.1, 0.15) is 29.7 Å². The fourth-order valence-electron chi connectivity index (χ4n) is 2.22. The highest BCUT2D eigenvalue weighted by molar-refractivity contribution is 5.79. The minimum atomic E-state index is 0.0619. The topological polar surface area (TPSA) is 46.3 Å². The van der Waals surface area contributed by atoms with Gasteiger partial charge in [-0.15, -0.1) is 0 Å². The molecule has 2 rings (SSSR count). The van der Waals surface area contributed by atoms with E-state index in [0.717, 1.165) is 11.1 Å². The van der Waals surface area contributed by atoms with E-state index in [-0.39, 0.29) is 11.9 Å². The second-order valence-electron chi connectivity index (χ2n) is 5.51. The van der Waals surface area contributed by atoms with E-state index in [9.17, 15) is 4.79 Å². The van der Waals surface area contributed by atoms with Gasteiger partial charge in [-0.2, -0.15) is 0 Å². The summed E-state index contributed by atoms with van der Waals surface area (Å²) in [5.41, 5.74) is 9.73. The van der Waals surface area contributed by atoms with Crippen LogP contribution < -0.4 is 5.73 Å². The Morgan fingerprint density at radius 3 is 2.24 bits per heavy atom. The Bertz CT molecular complexity index is 602. The van der Waals surface area contributed by atoms with Gasteiger partial charge in [0.1, 0.15) is 0 Å². The number of hydrogen-bond acceptors (Lipinski definition) is 2. The van der Waals surface area contributed by atoms with E-state index in [1.54, 1.807) is 4.90 Å². The molecule has 0 bridgehead atoms. The van der Waals surface area contributed by atoms with Crippen molar-refractivity contribution in [2.24, 2.45) is 0 Å². The Balaban J connectivity index is 2.04. The quantitative estimate of drug-likeness (QED) is 0.874. The fraction of sp³-hybridized carbons (Fsp3) is 0.278. The van der Waals surface area contributed by atoms with Crippen LogP contribution in [-0.4, -0.2) is 17.9 Å². The molecule has 2 aromatic carbocycles. The number of nitrogens with two attached hydrogens (primary N) is 1. The van der Waals surface area contributed by atoms with Crippen molar-refractivity contribution in [3.05, 3.63) is 65.2 Å². The molecule has 0 heterocycles. The van der Waals surface area contributed by atoms with Gasteiger partial charge in [-0.25, -0.2) is 0 Å². The van der Waals surface area contributed by atoms with E-state index in [1.807, 2.05) is 38.2 Å². The van der Waals surface area contributed by atoms with E-state index >= 15 is 0 Å². The first-order valence-corrected chi connectivity index (χ1v) is 7.14. The van der Waals surface area contributed by atoms with Gasteiger partial charge in [0.2, 0.25) is 5.91 Å². The van der Waals surface area contributed by atoms with E-state index in [0.29, 0.717) is 12.1 Å². The average molecular weight is 282 g/mol. The second kappa shape index (κ2) is 6.44. The SMILES string of the molecule is Cc1ccc(C(C)N(C)C(=O)Cc2ccc(N)cc2)cc1. The largest absolute Gasteiger partial charge is 0.399 e. The zero-order valence-electron chi connectivity index (χ0n) is 12.8. The number of amides is 1. The number of nitrogens with zero attached hydrogens (tertiary/aromatic N) is 1. The zero-order chi connectivity index (χ0) is 15.4. The van der Waals surface area contributed by atoms with Gasteiger partial charge in [0.05, 0.1) is 12.5 Å². The predicted molar refractivity (Wildman–Crippen MR) is 86.9 cm³/mol. The average Bonchev–Trinajstić information content (AvgIpc) is 2.49. The minimum absolute atomic E-state index is 0.0619. The molecule has 0 saturated heterocycles. The number of likely N-dealkylation sites (N-methyl/N-ethyl adjacent to an activating group) is 1. The van der Waals surface area contributed by atoms with Gasteiger partial charge in [-0.3, -0.25) is 4.79 Å². The lowest BCUT2D eigenvalue weighted by molar-refractivity contribution is -0.131. The Morgan fingerprint density at radius 2 is 1.67 bits per heavy atom. The van der Waals surface area contributed by atoms with E-state index < -0.39 is 0 Å². The molecule has 3 heteroatoms. The molecule has 21 heavy (non-hydrogen) atoms. The molecule has 0 spiro atoms. The minimum Gasteiger partial charge on any atom is -0.399 e. The van der Waals surface area contributed by atoms with E-state index in [2.05, 4.69) is 31.2 Å². The molecule has 0 aliphatic rings. The van der Waals surface area contributed by atoms with Crippen molar-refractivity contribution in [3.63, 3.8) is 0 Å². The van der Waals surface area contributed by atoms with Gasteiger partial charge >= 0.3 is 0 Å². The molecule has 0 fully saturated rings. The maximum Gasteiger partial charge on any atom is 0.227 e. The summed E-state index contributed by atoms with van der Waals surface area (Å²) in [5, 5.41) is 0. The number of carbonyl (C=O) groups is 1. The highest BCUT2D eigenvalue weighted by atomic mass is 16.2. The molecule has 110 valence electrons. The van der Waals surface area contributed by atoms with Crippen molar-refractivity contribution in [1.82, 2.24) is 4.90 Å². The number of benzene rings is 2. The molecule has 0 radical (unpaired) electrons. The molecular formula is C18H22N2O. The van der Waals surface area contributed by atoms with Crippen LogP contribution in [0.15, 0.2) is 48.5 Å². The lowest BCUT2D eigenvalue weighted by Gasteiger charge is -2.25.